The summed E-state index contributed by atoms with van der Waals surface area (Å²) < 4.78 is 44.4. The zero-order valence-electron chi connectivity index (χ0n) is 19.6. The van der Waals surface area contributed by atoms with Gasteiger partial charge in [0.05, 0.1) is 26.2 Å². The SMILES string of the molecule is COc1cccc(OC)c1-n1c(CS(=O)(=O)CCN2C(=O)[C@@H](C)C[C@H]2C)nnc1-c1ccco1. The van der Waals surface area contributed by atoms with E-state index in [-0.39, 0.29) is 41.7 Å². The van der Waals surface area contributed by atoms with Crippen LogP contribution in [-0.2, 0) is 20.4 Å². The first-order valence-electron chi connectivity index (χ1n) is 11.0. The zero-order valence-corrected chi connectivity index (χ0v) is 20.4. The molecule has 2 aromatic heterocycles. The van der Waals surface area contributed by atoms with Crippen molar-refractivity contribution in [1.82, 2.24) is 19.7 Å². The largest absolute Gasteiger partial charge is 0.494 e. The van der Waals surface area contributed by atoms with Crippen LogP contribution in [0.1, 0.15) is 26.1 Å². The Balaban J connectivity index is 1.71. The van der Waals surface area contributed by atoms with E-state index in [4.69, 9.17) is 13.9 Å². The summed E-state index contributed by atoms with van der Waals surface area (Å²) in [4.78, 5) is 14.0. The standard InChI is InChI=1S/C23H28N4O6S/c1-15-13-16(2)26(23(15)28)10-12-34(29,30)14-20-24-25-22(19-9-6-11-33-19)27(20)21-17(31-3)7-5-8-18(21)32-4/h5-9,11,15-16H,10,12-14H2,1-4H3/t15-,16+/m0/s1. The average Bonchev–Trinajstić information content (AvgIpc) is 3.52. The van der Waals surface area contributed by atoms with Crippen molar-refractivity contribution in [3.05, 3.63) is 42.4 Å². The van der Waals surface area contributed by atoms with E-state index in [1.807, 2.05) is 13.8 Å². The van der Waals surface area contributed by atoms with Gasteiger partial charge in [0.1, 0.15) is 22.9 Å². The maximum atomic E-state index is 13.1. The Kier molecular flexibility index (Phi) is 6.65. The number of methoxy groups -OCH3 is 2. The molecule has 0 saturated carbocycles. The molecule has 0 bridgehead atoms. The lowest BCUT2D eigenvalue weighted by molar-refractivity contribution is -0.131. The fourth-order valence-electron chi connectivity index (χ4n) is 4.34. The van der Waals surface area contributed by atoms with Crippen molar-refractivity contribution in [3.8, 4) is 28.8 Å². The van der Waals surface area contributed by atoms with Gasteiger partial charge in [-0.15, -0.1) is 10.2 Å². The van der Waals surface area contributed by atoms with Crippen LogP contribution in [0.4, 0.5) is 0 Å². The molecule has 4 rings (SSSR count). The number of para-hydroxylation sites is 1. The van der Waals surface area contributed by atoms with Crippen LogP contribution in [0.3, 0.4) is 0 Å². The molecule has 3 aromatic rings. The summed E-state index contributed by atoms with van der Waals surface area (Å²) in [5.74, 6) is 1.16. The maximum absolute atomic E-state index is 13.1. The van der Waals surface area contributed by atoms with Gasteiger partial charge in [-0.25, -0.2) is 8.42 Å². The van der Waals surface area contributed by atoms with Gasteiger partial charge in [0.25, 0.3) is 0 Å². The van der Waals surface area contributed by atoms with Crippen molar-refractivity contribution >= 4 is 15.7 Å². The third-order valence-corrected chi connectivity index (χ3v) is 7.52. The first kappa shape index (κ1) is 23.8. The minimum absolute atomic E-state index is 0.00951. The van der Waals surface area contributed by atoms with Crippen LogP contribution in [0, 0.1) is 5.92 Å². The number of sulfone groups is 1. The summed E-state index contributed by atoms with van der Waals surface area (Å²) in [6, 6.07) is 8.68. The summed E-state index contributed by atoms with van der Waals surface area (Å²) in [5.41, 5.74) is 0.464. The Hall–Kier alpha value is -3.34. The molecule has 182 valence electrons. The van der Waals surface area contributed by atoms with Gasteiger partial charge >= 0.3 is 0 Å². The van der Waals surface area contributed by atoms with Gasteiger partial charge in [-0.2, -0.15) is 0 Å². The highest BCUT2D eigenvalue weighted by molar-refractivity contribution is 7.90. The van der Waals surface area contributed by atoms with Crippen LogP contribution in [0.15, 0.2) is 41.0 Å². The first-order chi connectivity index (χ1) is 16.3. The third kappa shape index (κ3) is 4.52. The summed E-state index contributed by atoms with van der Waals surface area (Å²) in [7, 11) is -0.612. The van der Waals surface area contributed by atoms with E-state index in [2.05, 4.69) is 10.2 Å². The molecule has 0 spiro atoms. The highest BCUT2D eigenvalue weighted by Gasteiger charge is 2.35. The number of aromatic nitrogens is 3. The van der Waals surface area contributed by atoms with E-state index >= 15 is 0 Å². The number of hydrogen-bond donors (Lipinski definition) is 0. The summed E-state index contributed by atoms with van der Waals surface area (Å²) in [5, 5.41) is 8.41. The minimum Gasteiger partial charge on any atom is -0.494 e. The first-order valence-corrected chi connectivity index (χ1v) is 12.8. The van der Waals surface area contributed by atoms with Gasteiger partial charge in [-0.05, 0) is 37.6 Å². The molecule has 2 atom stereocenters. The van der Waals surface area contributed by atoms with Crippen LogP contribution in [0.2, 0.25) is 0 Å². The van der Waals surface area contributed by atoms with E-state index in [0.717, 1.165) is 6.42 Å². The molecule has 1 fully saturated rings. The van der Waals surface area contributed by atoms with Gasteiger partial charge in [0.2, 0.25) is 11.7 Å². The molecule has 0 aliphatic carbocycles. The molecule has 0 N–H and O–H groups in total. The number of benzene rings is 1. The Morgan fingerprint density at radius 1 is 1.09 bits per heavy atom. The predicted molar refractivity (Wildman–Crippen MR) is 125 cm³/mol. The van der Waals surface area contributed by atoms with Gasteiger partial charge in [0.15, 0.2) is 21.4 Å². The minimum atomic E-state index is -3.64. The van der Waals surface area contributed by atoms with Crippen LogP contribution < -0.4 is 9.47 Å². The second-order valence-corrected chi connectivity index (χ2v) is 10.6. The number of carbonyl (C=O) groups is 1. The van der Waals surface area contributed by atoms with E-state index in [1.54, 1.807) is 39.8 Å². The molecule has 0 unspecified atom stereocenters. The van der Waals surface area contributed by atoms with Crippen molar-refractivity contribution in [2.45, 2.75) is 32.1 Å². The number of furan rings is 1. The van der Waals surface area contributed by atoms with Crippen molar-refractivity contribution in [2.75, 3.05) is 26.5 Å². The fourth-order valence-corrected chi connectivity index (χ4v) is 5.54. The topological polar surface area (TPSA) is 117 Å². The predicted octanol–water partition coefficient (Wildman–Crippen LogP) is 2.72. The normalized spacial score (nSPS) is 18.5. The Morgan fingerprint density at radius 3 is 2.35 bits per heavy atom. The summed E-state index contributed by atoms with van der Waals surface area (Å²) >= 11 is 0. The fraction of sp³-hybridized carbons (Fsp3) is 0.435. The maximum Gasteiger partial charge on any atom is 0.225 e. The third-order valence-electron chi connectivity index (χ3n) is 6.02. The lowest BCUT2D eigenvalue weighted by Crippen LogP contribution is -2.36. The van der Waals surface area contributed by atoms with E-state index < -0.39 is 9.84 Å². The van der Waals surface area contributed by atoms with Crippen LogP contribution in [0.5, 0.6) is 11.5 Å². The van der Waals surface area contributed by atoms with Crippen molar-refractivity contribution in [2.24, 2.45) is 5.92 Å². The van der Waals surface area contributed by atoms with Gasteiger partial charge < -0.3 is 18.8 Å². The van der Waals surface area contributed by atoms with Crippen LogP contribution >= 0.6 is 0 Å². The Labute approximate surface area is 198 Å². The monoisotopic (exact) mass is 488 g/mol. The van der Waals surface area contributed by atoms with Gasteiger partial charge in [-0.1, -0.05) is 13.0 Å². The molecule has 34 heavy (non-hydrogen) atoms. The number of amides is 1. The smallest absolute Gasteiger partial charge is 0.225 e. The Morgan fingerprint density at radius 2 is 1.79 bits per heavy atom. The molecular weight excluding hydrogens is 460 g/mol. The molecule has 1 aliphatic rings. The highest BCUT2D eigenvalue weighted by Crippen LogP contribution is 2.36. The molecule has 10 nitrogen and oxygen atoms in total. The average molecular weight is 489 g/mol. The molecule has 0 radical (unpaired) electrons. The van der Waals surface area contributed by atoms with E-state index in [0.29, 0.717) is 28.8 Å². The molecule has 1 amide bonds. The molecule has 1 aromatic carbocycles. The number of hydrogen-bond acceptors (Lipinski definition) is 8. The van der Waals surface area contributed by atoms with Gasteiger partial charge in [0, 0.05) is 18.5 Å². The number of rotatable bonds is 9. The second-order valence-electron chi connectivity index (χ2n) is 8.37. The van der Waals surface area contributed by atoms with E-state index in [9.17, 15) is 13.2 Å². The number of nitrogens with zero attached hydrogens (tertiary/aromatic N) is 4. The summed E-state index contributed by atoms with van der Waals surface area (Å²) in [6.07, 6.45) is 2.23. The van der Waals surface area contributed by atoms with Crippen LogP contribution in [0.25, 0.3) is 17.3 Å². The van der Waals surface area contributed by atoms with E-state index in [1.165, 1.54) is 20.5 Å². The highest BCUT2D eigenvalue weighted by atomic mass is 32.2. The molecule has 11 heteroatoms. The number of carbonyl (C=O) groups excluding carboxylic acids is 1. The summed E-state index contributed by atoms with van der Waals surface area (Å²) in [6.45, 7) is 3.95. The van der Waals surface area contributed by atoms with Crippen molar-refractivity contribution in [3.63, 3.8) is 0 Å². The lowest BCUT2D eigenvalue weighted by atomic mass is 10.1. The quantitative estimate of drug-likeness (QED) is 0.451. The van der Waals surface area contributed by atoms with Gasteiger partial charge in [-0.3, -0.25) is 9.36 Å². The van der Waals surface area contributed by atoms with Crippen molar-refractivity contribution < 1.29 is 27.1 Å². The van der Waals surface area contributed by atoms with Crippen LogP contribution in [-0.4, -0.2) is 66.5 Å². The lowest BCUT2D eigenvalue weighted by Gasteiger charge is -2.21. The molecule has 3 heterocycles. The second kappa shape index (κ2) is 9.49. The molecule has 1 saturated heterocycles. The number of likely N-dealkylation sites (tertiary alicyclic amines) is 1. The number of ether oxygens (including phenoxy) is 2. The molecule has 1 aliphatic heterocycles. The Bertz CT molecular complexity index is 1250. The molecular formula is C23H28N4O6S. The van der Waals surface area contributed by atoms with Crippen molar-refractivity contribution in [1.29, 1.82) is 0 Å². The zero-order chi connectivity index (χ0) is 24.5.